The van der Waals surface area contributed by atoms with E-state index >= 15 is 0 Å². The molecule has 2 aliphatic heterocycles. The number of hydrogen-bond donors (Lipinski definition) is 0. The van der Waals surface area contributed by atoms with Crippen LogP contribution in [0.2, 0.25) is 0 Å². The Labute approximate surface area is 553 Å². The first-order chi connectivity index (χ1) is 43.4. The van der Waals surface area contributed by atoms with Gasteiger partial charge in [0.05, 0.1) is 5.69 Å². The Kier molecular flexibility index (Phi) is 13.4. The summed E-state index contributed by atoms with van der Waals surface area (Å²) in [5, 5.41) is 2.60. The van der Waals surface area contributed by atoms with Gasteiger partial charge in [0.15, 0.2) is 0 Å². The summed E-state index contributed by atoms with van der Waals surface area (Å²) >= 11 is 1.97. The smallest absolute Gasteiger partial charge is 0.333 e. The van der Waals surface area contributed by atoms with Gasteiger partial charge < -0.3 is 14.6 Å². The number of fused-ring (bicyclic) bond motifs is 12. The van der Waals surface area contributed by atoms with Crippen LogP contribution in [0.15, 0.2) is 194 Å². The summed E-state index contributed by atoms with van der Waals surface area (Å²) in [4.78, 5) is 7.98. The van der Waals surface area contributed by atoms with Crippen molar-refractivity contribution in [1.29, 1.82) is 0 Å². The van der Waals surface area contributed by atoms with Crippen molar-refractivity contribution in [1.82, 2.24) is 0 Å². The summed E-state index contributed by atoms with van der Waals surface area (Å²) in [7, 11) is 0. The lowest BCUT2D eigenvalue weighted by molar-refractivity contribution is 0.231. The van der Waals surface area contributed by atoms with Crippen LogP contribution >= 0.6 is 11.3 Å². The third-order valence-electron chi connectivity index (χ3n) is 21.3. The fourth-order valence-electron chi connectivity index (χ4n) is 16.7. The van der Waals surface area contributed by atoms with E-state index in [-0.39, 0.29) is 44.8 Å². The lowest BCUT2D eigenvalue weighted by Gasteiger charge is -2.47. The maximum atomic E-state index is 2.78. The van der Waals surface area contributed by atoms with Crippen molar-refractivity contribution in [2.75, 3.05) is 14.6 Å². The zero-order valence-electron chi connectivity index (χ0n) is 57.7. The quantitative estimate of drug-likeness (QED) is 0.154. The Morgan fingerprint density at radius 3 is 1.60 bits per heavy atom. The molecule has 5 heteroatoms. The van der Waals surface area contributed by atoms with E-state index in [1.165, 1.54) is 138 Å². The van der Waals surface area contributed by atoms with Gasteiger partial charge in [0.1, 0.15) is 0 Å². The third kappa shape index (κ3) is 9.63. The number of nitrogens with zero attached hydrogens (tertiary/aromatic N) is 3. The van der Waals surface area contributed by atoms with Gasteiger partial charge in [-0.3, -0.25) is 0 Å². The van der Waals surface area contributed by atoms with Crippen LogP contribution in [0, 0.1) is 5.41 Å². The molecule has 0 saturated carbocycles. The Morgan fingerprint density at radius 2 is 0.978 bits per heavy atom. The third-order valence-corrected chi connectivity index (χ3v) is 22.5. The molecule has 0 unspecified atom stereocenters. The van der Waals surface area contributed by atoms with Crippen LogP contribution in [0.3, 0.4) is 0 Å². The van der Waals surface area contributed by atoms with E-state index in [1.54, 1.807) is 0 Å². The van der Waals surface area contributed by atoms with E-state index < -0.39 is 0 Å². The van der Waals surface area contributed by atoms with Crippen molar-refractivity contribution in [2.24, 2.45) is 5.41 Å². The maximum absolute atomic E-state index is 2.78. The molecule has 0 fully saturated rings. The van der Waals surface area contributed by atoms with Crippen LogP contribution in [-0.2, 0) is 38.9 Å². The average molecular weight is 1220 g/mol. The molecule has 11 aromatic rings. The highest BCUT2D eigenvalue weighted by molar-refractivity contribution is 7.26. The first-order valence-electron chi connectivity index (χ1n) is 33.8. The lowest BCUT2D eigenvalue weighted by atomic mass is 9.43. The molecule has 3 nitrogen and oxygen atoms in total. The first-order valence-corrected chi connectivity index (χ1v) is 34.6. The average Bonchev–Trinajstić information content (AvgIpc) is 1.22. The van der Waals surface area contributed by atoms with E-state index in [0.717, 1.165) is 29.2 Å². The molecule has 15 rings (SSSR count). The highest BCUT2D eigenvalue weighted by Gasteiger charge is 2.50. The molecule has 0 bridgehead atoms. The Morgan fingerprint density at radius 1 is 0.435 bits per heavy atom. The fourth-order valence-corrected chi connectivity index (χ4v) is 17.9. The molecule has 0 radical (unpaired) electrons. The SMILES string of the molecule is CC1(C)Cc2cc3c(cc2C(C)(C)C1)C(C)(C)c1cc2c(cc1-3)-c1c3c(cc4c1sc1ccccc14)N(c1ccc(C(C)(C)C)cc1-c1ccccc1)c1ccc(N(c4ccc(C(C)(C)C)cc4)c4ccc(C(C)(C)C)cc4)cc1B3N2c1ccc(C(C)(C)C)cc1. The van der Waals surface area contributed by atoms with Crippen molar-refractivity contribution in [3.05, 3.63) is 239 Å². The molecule has 4 aliphatic rings. The van der Waals surface area contributed by atoms with Gasteiger partial charge in [0.2, 0.25) is 0 Å². The van der Waals surface area contributed by atoms with E-state index in [1.807, 2.05) is 11.3 Å². The fraction of sp³-hybridized carbons (Fsp3) is 0.310. The number of rotatable bonds is 6. The van der Waals surface area contributed by atoms with Crippen molar-refractivity contribution >= 4 is 94.8 Å². The number of thiophene rings is 1. The summed E-state index contributed by atoms with van der Waals surface area (Å²) in [5.41, 5.74) is 30.8. The molecule has 10 aromatic carbocycles. The molecule has 1 aromatic heterocycles. The van der Waals surface area contributed by atoms with E-state index in [0.29, 0.717) is 0 Å². The second-order valence-corrected chi connectivity index (χ2v) is 34.6. The minimum Gasteiger partial charge on any atom is -0.376 e. The van der Waals surface area contributed by atoms with Gasteiger partial charge >= 0.3 is 6.85 Å². The molecule has 3 heterocycles. The molecule has 0 spiro atoms. The summed E-state index contributed by atoms with van der Waals surface area (Å²) in [6.45, 7) is 42.6. The molecule has 92 heavy (non-hydrogen) atoms. The zero-order chi connectivity index (χ0) is 64.7. The van der Waals surface area contributed by atoms with Gasteiger partial charge in [-0.05, 0) is 208 Å². The van der Waals surface area contributed by atoms with Crippen LogP contribution in [0.25, 0.3) is 53.6 Å². The van der Waals surface area contributed by atoms with Crippen molar-refractivity contribution < 1.29 is 0 Å². The second kappa shape index (κ2) is 20.4. The molecular weight excluding hydrogens is 1130 g/mol. The Balaban J connectivity index is 1.09. The second-order valence-electron chi connectivity index (χ2n) is 33.6. The highest BCUT2D eigenvalue weighted by Crippen LogP contribution is 2.60. The normalized spacial score (nSPS) is 16.0. The summed E-state index contributed by atoms with van der Waals surface area (Å²) in [5.74, 6) is 0. The molecule has 0 saturated heterocycles. The minimum absolute atomic E-state index is 0.000905. The molecular formula is C87H90BN3S. The van der Waals surface area contributed by atoms with Crippen molar-refractivity contribution in [3.8, 4) is 33.4 Å². The number of benzene rings is 10. The van der Waals surface area contributed by atoms with Gasteiger partial charge in [-0.1, -0.05) is 228 Å². The van der Waals surface area contributed by atoms with Gasteiger partial charge in [-0.25, -0.2) is 0 Å². The van der Waals surface area contributed by atoms with E-state index in [2.05, 4.69) is 333 Å². The predicted molar refractivity (Wildman–Crippen MR) is 401 cm³/mol. The van der Waals surface area contributed by atoms with Crippen LogP contribution in [0.5, 0.6) is 0 Å². The summed E-state index contributed by atoms with van der Waals surface area (Å²) < 4.78 is 2.65. The predicted octanol–water partition coefficient (Wildman–Crippen LogP) is 23.6. The van der Waals surface area contributed by atoms with E-state index in [9.17, 15) is 0 Å². The topological polar surface area (TPSA) is 9.72 Å². The van der Waals surface area contributed by atoms with Crippen LogP contribution < -0.4 is 25.5 Å². The lowest BCUT2D eigenvalue weighted by Crippen LogP contribution is -2.61. The summed E-state index contributed by atoms with van der Waals surface area (Å²) in [6.07, 6.45) is 2.25. The molecule has 0 atom stereocenters. The van der Waals surface area contributed by atoms with Crippen molar-refractivity contribution in [2.45, 2.75) is 170 Å². The standard InChI is InChI=1S/C87H90BN3S/c1-81(2,3)55-28-35-59(36-29-55)89(60-37-30-56(31-38-60)82(4,5)6)62-41-43-74-72(46-62)88-79-76(90(74)73-42-34-58(84(10,11)12)45-64(73)53-24-20-19-21-25-53)48-67-63-26-22-23-27-77(63)92-80(67)78(79)68-47-66-65-44-54-51-85(13,14)52-86(15,16)69(54)49-70(65)87(17,18)71(66)50-75(68)91(88)61-39-32-57(33-40-61)83(7,8)9/h19-50H,51-52H2,1-18H3. The maximum Gasteiger partial charge on any atom is 0.333 e. The van der Waals surface area contributed by atoms with Gasteiger partial charge in [0.25, 0.3) is 0 Å². The van der Waals surface area contributed by atoms with Crippen LogP contribution in [0.4, 0.5) is 45.5 Å². The Hall–Kier alpha value is -8.12. The van der Waals surface area contributed by atoms with Gasteiger partial charge in [-0.2, -0.15) is 0 Å². The summed E-state index contributed by atoms with van der Waals surface area (Å²) in [6, 6.07) is 76.8. The Bertz CT molecular complexity index is 4740. The van der Waals surface area contributed by atoms with Crippen LogP contribution in [0.1, 0.15) is 176 Å². The zero-order valence-corrected chi connectivity index (χ0v) is 58.5. The minimum atomic E-state index is -0.262. The van der Waals surface area contributed by atoms with Gasteiger partial charge in [-0.15, -0.1) is 11.3 Å². The molecule has 2 aliphatic carbocycles. The van der Waals surface area contributed by atoms with Gasteiger partial charge in [0, 0.05) is 82.1 Å². The molecule has 0 N–H and O–H groups in total. The monoisotopic (exact) mass is 1220 g/mol. The molecule has 0 amide bonds. The highest BCUT2D eigenvalue weighted by atomic mass is 32.1. The van der Waals surface area contributed by atoms with Crippen LogP contribution in [-0.4, -0.2) is 6.85 Å². The number of hydrogen-bond acceptors (Lipinski definition) is 4. The largest absolute Gasteiger partial charge is 0.376 e. The van der Waals surface area contributed by atoms with Crippen molar-refractivity contribution in [3.63, 3.8) is 0 Å². The molecule has 462 valence electrons. The number of anilines is 8. The van der Waals surface area contributed by atoms with E-state index in [4.69, 9.17) is 0 Å². The first kappa shape index (κ1) is 60.1.